The van der Waals surface area contributed by atoms with Crippen molar-refractivity contribution in [1.29, 1.82) is 0 Å². The maximum Gasteiger partial charge on any atom is 0.306 e. The van der Waals surface area contributed by atoms with Crippen molar-refractivity contribution in [2.75, 3.05) is 21.3 Å². The van der Waals surface area contributed by atoms with E-state index >= 15 is 0 Å². The number of hydrogen-bond acceptors (Lipinski definition) is 7. The molecule has 0 spiro atoms. The minimum absolute atomic E-state index is 0.122. The first-order valence-electron chi connectivity index (χ1n) is 8.83. The highest BCUT2D eigenvalue weighted by atomic mass is 16.5. The number of methoxy groups -OCH3 is 3. The van der Waals surface area contributed by atoms with E-state index in [0.717, 1.165) is 0 Å². The van der Waals surface area contributed by atoms with Crippen molar-refractivity contribution >= 4 is 23.3 Å². The average Bonchev–Trinajstić information content (AvgIpc) is 2.76. The number of fused-ring (bicyclic) bond motifs is 1. The minimum atomic E-state index is -0.951. The molecule has 0 radical (unpaired) electrons. The highest BCUT2D eigenvalue weighted by Crippen LogP contribution is 2.42. The number of allylic oxidation sites excluding steroid dienone is 1. The lowest BCUT2D eigenvalue weighted by Crippen LogP contribution is -2.28. The number of aliphatic hydroxyl groups is 1. The van der Waals surface area contributed by atoms with Gasteiger partial charge in [-0.3, -0.25) is 14.4 Å². The van der Waals surface area contributed by atoms with Crippen LogP contribution < -0.4 is 9.47 Å². The minimum Gasteiger partial charge on any atom is -0.507 e. The van der Waals surface area contributed by atoms with Gasteiger partial charge in [0.15, 0.2) is 0 Å². The summed E-state index contributed by atoms with van der Waals surface area (Å²) in [6.07, 6.45) is -0.264. The van der Waals surface area contributed by atoms with Crippen molar-refractivity contribution in [2.45, 2.75) is 12.3 Å². The molecule has 0 heterocycles. The smallest absolute Gasteiger partial charge is 0.306 e. The third kappa shape index (κ3) is 3.59. The second-order valence-electron chi connectivity index (χ2n) is 6.41. The van der Waals surface area contributed by atoms with Crippen LogP contribution in [0.1, 0.15) is 33.8 Å². The van der Waals surface area contributed by atoms with E-state index in [4.69, 9.17) is 14.2 Å². The maximum atomic E-state index is 12.9. The zero-order chi connectivity index (χ0) is 21.1. The van der Waals surface area contributed by atoms with E-state index in [9.17, 15) is 19.5 Å². The van der Waals surface area contributed by atoms with Crippen LogP contribution in [-0.4, -0.2) is 44.0 Å². The van der Waals surface area contributed by atoms with E-state index < -0.39 is 23.5 Å². The Morgan fingerprint density at radius 1 is 0.966 bits per heavy atom. The van der Waals surface area contributed by atoms with Crippen molar-refractivity contribution < 1.29 is 33.7 Å². The normalized spacial score (nSPS) is 14.3. The number of carbonyl (C=O) groups is 3. The second kappa shape index (κ2) is 8.18. The Morgan fingerprint density at radius 2 is 1.66 bits per heavy atom. The molecule has 0 aromatic heterocycles. The Kier molecular flexibility index (Phi) is 5.68. The van der Waals surface area contributed by atoms with Crippen LogP contribution in [-0.2, 0) is 14.3 Å². The zero-order valence-electron chi connectivity index (χ0n) is 16.2. The van der Waals surface area contributed by atoms with E-state index in [1.165, 1.54) is 27.4 Å². The SMILES string of the molecule is COC(=O)C[C@@H](C1=C(O)c2ccccc2C(=O)C1=O)c1ccc(OC)cc1OC. The average molecular weight is 396 g/mol. The van der Waals surface area contributed by atoms with Crippen LogP contribution in [0.5, 0.6) is 11.5 Å². The molecule has 29 heavy (non-hydrogen) atoms. The number of Topliss-reactive ketones (excluding diaryl/α,β-unsaturated/α-hetero) is 2. The molecule has 0 fully saturated rings. The largest absolute Gasteiger partial charge is 0.507 e. The molecule has 0 unspecified atom stereocenters. The summed E-state index contributed by atoms with van der Waals surface area (Å²) in [7, 11) is 4.15. The number of ether oxygens (including phenoxy) is 3. The summed E-state index contributed by atoms with van der Waals surface area (Å²) in [5, 5.41) is 10.9. The first-order valence-corrected chi connectivity index (χ1v) is 8.83. The van der Waals surface area contributed by atoms with Gasteiger partial charge in [-0.15, -0.1) is 0 Å². The molecule has 1 N–H and O–H groups in total. The molecule has 150 valence electrons. The van der Waals surface area contributed by atoms with Crippen molar-refractivity contribution in [1.82, 2.24) is 0 Å². The Bertz CT molecular complexity index is 1020. The molecule has 1 aliphatic rings. The molecule has 0 saturated carbocycles. The molecule has 0 bridgehead atoms. The van der Waals surface area contributed by atoms with Crippen LogP contribution in [0.25, 0.3) is 5.76 Å². The third-order valence-electron chi connectivity index (χ3n) is 4.90. The fraction of sp³-hybridized carbons (Fsp3) is 0.227. The molecular weight excluding hydrogens is 376 g/mol. The maximum absolute atomic E-state index is 12.9. The van der Waals surface area contributed by atoms with Crippen LogP contribution in [0.4, 0.5) is 0 Å². The third-order valence-corrected chi connectivity index (χ3v) is 4.90. The summed E-state index contributed by atoms with van der Waals surface area (Å²) < 4.78 is 15.4. The number of carbonyl (C=O) groups excluding carboxylic acids is 3. The van der Waals surface area contributed by atoms with Gasteiger partial charge in [-0.05, 0) is 6.07 Å². The topological polar surface area (TPSA) is 99.1 Å². The Morgan fingerprint density at radius 3 is 2.28 bits per heavy atom. The van der Waals surface area contributed by atoms with E-state index in [2.05, 4.69) is 0 Å². The van der Waals surface area contributed by atoms with Crippen LogP contribution in [0, 0.1) is 0 Å². The van der Waals surface area contributed by atoms with Gasteiger partial charge in [0, 0.05) is 28.7 Å². The summed E-state index contributed by atoms with van der Waals surface area (Å²) >= 11 is 0. The van der Waals surface area contributed by atoms with Crippen LogP contribution in [0.2, 0.25) is 0 Å². The van der Waals surface area contributed by atoms with Gasteiger partial charge < -0.3 is 19.3 Å². The first kappa shape index (κ1) is 20.1. The predicted molar refractivity (Wildman–Crippen MR) is 104 cm³/mol. The van der Waals surface area contributed by atoms with E-state index in [0.29, 0.717) is 17.1 Å². The highest BCUT2D eigenvalue weighted by Gasteiger charge is 2.39. The molecule has 7 heteroatoms. The number of rotatable bonds is 6. The standard InChI is InChI=1S/C22H20O7/c1-27-12-8-9-13(17(10-12)28-2)16(11-18(23)29-3)19-20(24)14-6-4-5-7-15(14)21(25)22(19)26/h4-10,16,24H,11H2,1-3H3/t16-/m1/s1. The van der Waals surface area contributed by atoms with Gasteiger partial charge >= 0.3 is 5.97 Å². The fourth-order valence-corrected chi connectivity index (χ4v) is 3.43. The lowest BCUT2D eigenvalue weighted by Gasteiger charge is -2.25. The van der Waals surface area contributed by atoms with Gasteiger partial charge in [-0.2, -0.15) is 0 Å². The quantitative estimate of drug-likeness (QED) is 0.592. The summed E-state index contributed by atoms with van der Waals surface area (Å²) in [5.41, 5.74) is 0.648. The predicted octanol–water partition coefficient (Wildman–Crippen LogP) is 3.09. The number of aliphatic hydroxyl groups excluding tert-OH is 1. The summed E-state index contributed by atoms with van der Waals surface area (Å²) in [6, 6.07) is 11.2. The number of esters is 1. The molecule has 7 nitrogen and oxygen atoms in total. The van der Waals surface area contributed by atoms with Crippen molar-refractivity contribution in [2.24, 2.45) is 0 Å². The molecule has 1 atom stereocenters. The number of ketones is 2. The number of hydrogen-bond donors (Lipinski definition) is 1. The summed E-state index contributed by atoms with van der Waals surface area (Å²) in [5.74, 6) is -2.64. The lowest BCUT2D eigenvalue weighted by atomic mass is 9.78. The number of benzene rings is 2. The van der Waals surface area contributed by atoms with Gasteiger partial charge in [-0.25, -0.2) is 0 Å². The van der Waals surface area contributed by atoms with Crippen molar-refractivity contribution in [3.63, 3.8) is 0 Å². The van der Waals surface area contributed by atoms with Gasteiger partial charge in [0.2, 0.25) is 11.6 Å². The first-order chi connectivity index (χ1) is 13.9. The molecule has 2 aromatic carbocycles. The second-order valence-corrected chi connectivity index (χ2v) is 6.41. The fourth-order valence-electron chi connectivity index (χ4n) is 3.43. The summed E-state index contributed by atoms with van der Waals surface area (Å²) in [6.45, 7) is 0. The van der Waals surface area contributed by atoms with E-state index in [-0.39, 0.29) is 28.9 Å². The van der Waals surface area contributed by atoms with Gasteiger partial charge in [0.1, 0.15) is 17.3 Å². The van der Waals surface area contributed by atoms with E-state index in [1.54, 1.807) is 36.4 Å². The van der Waals surface area contributed by atoms with Gasteiger partial charge in [-0.1, -0.05) is 30.3 Å². The van der Waals surface area contributed by atoms with Crippen LogP contribution in [0.15, 0.2) is 48.0 Å². The molecule has 1 aliphatic carbocycles. The molecule has 0 saturated heterocycles. The molecule has 3 rings (SSSR count). The van der Waals surface area contributed by atoms with Gasteiger partial charge in [0.25, 0.3) is 0 Å². The molecule has 2 aromatic rings. The van der Waals surface area contributed by atoms with Crippen LogP contribution >= 0.6 is 0 Å². The van der Waals surface area contributed by atoms with Gasteiger partial charge in [0.05, 0.1) is 33.3 Å². The Hall–Kier alpha value is -3.61. The Balaban J connectivity index is 2.24. The molecule has 0 amide bonds. The summed E-state index contributed by atoms with van der Waals surface area (Å²) in [4.78, 5) is 37.7. The Labute approximate surface area is 167 Å². The van der Waals surface area contributed by atoms with E-state index in [1.807, 2.05) is 0 Å². The lowest BCUT2D eigenvalue weighted by molar-refractivity contribution is -0.140. The van der Waals surface area contributed by atoms with Crippen molar-refractivity contribution in [3.05, 3.63) is 64.7 Å². The molecule has 0 aliphatic heterocycles. The van der Waals surface area contributed by atoms with Crippen molar-refractivity contribution in [3.8, 4) is 11.5 Å². The monoisotopic (exact) mass is 396 g/mol. The molecular formula is C22H20O7. The highest BCUT2D eigenvalue weighted by molar-refractivity contribution is 6.52. The van der Waals surface area contributed by atoms with Crippen LogP contribution in [0.3, 0.4) is 0 Å². The zero-order valence-corrected chi connectivity index (χ0v) is 16.2.